The fraction of sp³-hybridized carbons (Fsp3) is 0.818. The largest absolute Gasteiger partial charge is 0.410 e. The lowest BCUT2D eigenvalue weighted by Crippen LogP contribution is -2.30. The Hall–Kier alpha value is -0.408. The van der Waals surface area contributed by atoms with Gasteiger partial charge in [0, 0.05) is 0 Å². The van der Waals surface area contributed by atoms with Crippen LogP contribution in [0.4, 0.5) is 0 Å². The highest BCUT2D eigenvalue weighted by molar-refractivity contribution is 5.94. The molecule has 0 atom stereocenters. The maximum Gasteiger partial charge on any atom is 0.318 e. The van der Waals surface area contributed by atoms with Crippen LogP contribution in [-0.4, -0.2) is 47.8 Å². The number of ether oxygens (including phenoxy) is 3. The summed E-state index contributed by atoms with van der Waals surface area (Å²) >= 11 is 0. The summed E-state index contributed by atoms with van der Waals surface area (Å²) in [4.78, 5) is 21.9. The fourth-order valence-corrected chi connectivity index (χ4v) is 0.884. The van der Waals surface area contributed by atoms with E-state index < -0.39 is 12.4 Å². The highest BCUT2D eigenvalue weighted by Crippen LogP contribution is 2.07. The average Bonchev–Trinajstić information content (AvgIpc) is 1.97. The molecule has 0 heterocycles. The lowest BCUT2D eigenvalue weighted by atomic mass is 10.3. The van der Waals surface area contributed by atoms with Crippen LogP contribution in [0.25, 0.3) is 0 Å². The third kappa shape index (κ3) is 11.8. The Bertz CT molecular complexity index is 230. The summed E-state index contributed by atoms with van der Waals surface area (Å²) in [5, 5.41) is 0. The third-order valence-electron chi connectivity index (χ3n) is 1.39. The number of hydrogen-bond donors (Lipinski definition) is 0. The van der Waals surface area contributed by atoms with E-state index in [-0.39, 0.29) is 41.8 Å². The molecule has 0 aromatic heterocycles. The zero-order valence-electron chi connectivity index (χ0n) is 10.5. The van der Waals surface area contributed by atoms with Crippen molar-refractivity contribution in [3.8, 4) is 0 Å². The number of carbonyl (C=O) groups is 2. The molecule has 5 nitrogen and oxygen atoms in total. The second-order valence-electron chi connectivity index (χ2n) is 4.03. The molecule has 100 valence electrons. The van der Waals surface area contributed by atoms with Gasteiger partial charge in [0.2, 0.25) is 0 Å². The summed E-state index contributed by atoms with van der Waals surface area (Å²) in [5.74, 6) is -0.892. The Morgan fingerprint density at radius 3 is 1.71 bits per heavy atom. The molecule has 0 amide bonds. The Morgan fingerprint density at radius 1 is 1.00 bits per heavy atom. The molecule has 0 aliphatic carbocycles. The van der Waals surface area contributed by atoms with Gasteiger partial charge in [0.15, 0.2) is 17.4 Å². The number of esters is 1. The first-order chi connectivity index (χ1) is 7.31. The SMILES string of the molecule is CC(=O)CC(=O)OC(OC(C)C)OC(C)C.[AlH3]. The van der Waals surface area contributed by atoms with Crippen LogP contribution in [0.5, 0.6) is 0 Å². The molecule has 0 saturated carbocycles. The van der Waals surface area contributed by atoms with Crippen LogP contribution in [0.15, 0.2) is 0 Å². The van der Waals surface area contributed by atoms with Gasteiger partial charge in [0.1, 0.15) is 12.2 Å². The fourth-order valence-electron chi connectivity index (χ4n) is 0.884. The Labute approximate surface area is 113 Å². The Morgan fingerprint density at radius 2 is 1.41 bits per heavy atom. The van der Waals surface area contributed by atoms with E-state index in [4.69, 9.17) is 14.2 Å². The van der Waals surface area contributed by atoms with E-state index >= 15 is 0 Å². The average molecular weight is 262 g/mol. The van der Waals surface area contributed by atoms with Crippen LogP contribution >= 0.6 is 0 Å². The topological polar surface area (TPSA) is 61.8 Å². The maximum atomic E-state index is 11.2. The van der Waals surface area contributed by atoms with Crippen LogP contribution < -0.4 is 0 Å². The van der Waals surface area contributed by atoms with E-state index in [1.54, 1.807) is 27.7 Å². The molecule has 0 unspecified atom stereocenters. The molecule has 0 aromatic rings. The first-order valence-electron chi connectivity index (χ1n) is 5.31. The lowest BCUT2D eigenvalue weighted by molar-refractivity contribution is -0.297. The Kier molecular flexibility index (Phi) is 10.7. The number of Topliss-reactive ketones (excluding diaryl/α,β-unsaturated/α-hetero) is 1. The van der Waals surface area contributed by atoms with Crippen molar-refractivity contribution in [3.63, 3.8) is 0 Å². The molecule has 17 heavy (non-hydrogen) atoms. The molecular weight excluding hydrogens is 239 g/mol. The maximum absolute atomic E-state index is 11.2. The summed E-state index contributed by atoms with van der Waals surface area (Å²) in [5.41, 5.74) is 0. The standard InChI is InChI=1S/C11H20O5.Al.3H/c1-7(2)14-11(15-8(3)4)16-10(13)6-9(5)12;;;;/h7-8,11H,6H2,1-5H3;;;;. The first kappa shape index (κ1) is 18.9. The van der Waals surface area contributed by atoms with Gasteiger partial charge >= 0.3 is 12.4 Å². The van der Waals surface area contributed by atoms with Crippen molar-refractivity contribution < 1.29 is 23.8 Å². The summed E-state index contributed by atoms with van der Waals surface area (Å²) in [6.07, 6.45) is -0.526. The zero-order chi connectivity index (χ0) is 12.7. The summed E-state index contributed by atoms with van der Waals surface area (Å²) < 4.78 is 15.4. The normalized spacial score (nSPS) is 10.6. The van der Waals surface area contributed by atoms with Crippen LogP contribution in [-0.2, 0) is 23.8 Å². The van der Waals surface area contributed by atoms with Gasteiger partial charge in [-0.2, -0.15) is 0 Å². The lowest BCUT2D eigenvalue weighted by Gasteiger charge is -2.22. The number of ketones is 1. The molecule has 0 rings (SSSR count). The number of carbonyl (C=O) groups excluding carboxylic acids is 2. The van der Waals surface area contributed by atoms with Crippen LogP contribution in [0.1, 0.15) is 41.0 Å². The van der Waals surface area contributed by atoms with E-state index in [0.717, 1.165) is 0 Å². The number of hydrogen-bond acceptors (Lipinski definition) is 5. The third-order valence-corrected chi connectivity index (χ3v) is 1.39. The molecule has 0 spiro atoms. The predicted octanol–water partition coefficient (Wildman–Crippen LogP) is 0.458. The quantitative estimate of drug-likeness (QED) is 0.289. The van der Waals surface area contributed by atoms with Gasteiger partial charge < -0.3 is 14.2 Å². The highest BCUT2D eigenvalue weighted by atomic mass is 27.0. The minimum Gasteiger partial charge on any atom is -0.410 e. The molecule has 0 N–H and O–H groups in total. The first-order valence-corrected chi connectivity index (χ1v) is 5.31. The van der Waals surface area contributed by atoms with Crippen LogP contribution in [0.3, 0.4) is 0 Å². The minimum absolute atomic E-state index is 0. The van der Waals surface area contributed by atoms with Crippen molar-refractivity contribution in [2.75, 3.05) is 0 Å². The molecule has 0 aliphatic rings. The van der Waals surface area contributed by atoms with Gasteiger partial charge in [-0.3, -0.25) is 9.59 Å². The predicted molar refractivity (Wildman–Crippen MR) is 67.6 cm³/mol. The van der Waals surface area contributed by atoms with E-state index in [9.17, 15) is 9.59 Å². The van der Waals surface area contributed by atoms with Crippen molar-refractivity contribution in [3.05, 3.63) is 0 Å². The van der Waals surface area contributed by atoms with Gasteiger partial charge in [-0.25, -0.2) is 0 Å². The van der Waals surface area contributed by atoms with Gasteiger partial charge in [-0.1, -0.05) is 0 Å². The van der Waals surface area contributed by atoms with Gasteiger partial charge in [-0.05, 0) is 34.6 Å². The molecule has 0 radical (unpaired) electrons. The van der Waals surface area contributed by atoms with Crippen molar-refractivity contribution in [2.45, 2.75) is 59.7 Å². The molecule has 0 aliphatic heterocycles. The zero-order valence-corrected chi connectivity index (χ0v) is 10.5. The summed E-state index contributed by atoms with van der Waals surface area (Å²) in [7, 11) is 0. The van der Waals surface area contributed by atoms with Crippen molar-refractivity contribution in [2.24, 2.45) is 0 Å². The highest BCUT2D eigenvalue weighted by Gasteiger charge is 2.19. The summed E-state index contributed by atoms with van der Waals surface area (Å²) in [6, 6.07) is 0. The molecule has 0 saturated heterocycles. The van der Waals surface area contributed by atoms with Gasteiger partial charge in [0.25, 0.3) is 0 Å². The Balaban J connectivity index is 0. The van der Waals surface area contributed by atoms with Crippen molar-refractivity contribution >= 4 is 29.1 Å². The second-order valence-corrected chi connectivity index (χ2v) is 4.03. The van der Waals surface area contributed by atoms with E-state index in [1.807, 2.05) is 0 Å². The van der Waals surface area contributed by atoms with Crippen molar-refractivity contribution in [1.82, 2.24) is 0 Å². The smallest absolute Gasteiger partial charge is 0.318 e. The molecule has 6 heteroatoms. The summed E-state index contributed by atoms with van der Waals surface area (Å²) in [6.45, 7) is 7.48. The molecule has 0 bridgehead atoms. The van der Waals surface area contributed by atoms with Gasteiger partial charge in [-0.15, -0.1) is 0 Å². The van der Waals surface area contributed by atoms with Crippen molar-refractivity contribution in [1.29, 1.82) is 0 Å². The monoisotopic (exact) mass is 262 g/mol. The van der Waals surface area contributed by atoms with E-state index in [2.05, 4.69) is 0 Å². The molecule has 0 aromatic carbocycles. The van der Waals surface area contributed by atoms with Crippen LogP contribution in [0.2, 0.25) is 0 Å². The molecule has 0 fully saturated rings. The van der Waals surface area contributed by atoms with Gasteiger partial charge in [0.05, 0.1) is 12.2 Å². The van der Waals surface area contributed by atoms with E-state index in [0.29, 0.717) is 0 Å². The van der Waals surface area contributed by atoms with Crippen LogP contribution in [0, 0.1) is 0 Å². The number of rotatable bonds is 7. The minimum atomic E-state index is -1.05. The van der Waals surface area contributed by atoms with E-state index in [1.165, 1.54) is 6.92 Å². The second kappa shape index (κ2) is 9.61. The molecular formula is C11H23AlO5.